The number of rotatable bonds is 3. The van der Waals surface area contributed by atoms with Crippen molar-refractivity contribution in [3.63, 3.8) is 0 Å². The lowest BCUT2D eigenvalue weighted by Gasteiger charge is -2.09. The number of hydrogen-bond donors (Lipinski definition) is 2. The van der Waals surface area contributed by atoms with Gasteiger partial charge < -0.3 is 10.8 Å². The van der Waals surface area contributed by atoms with Gasteiger partial charge in [-0.15, -0.1) is 0 Å². The van der Waals surface area contributed by atoms with Crippen molar-refractivity contribution in [3.05, 3.63) is 59.7 Å². The largest absolute Gasteiger partial charge is 0.478 e. The number of hydrogen-bond acceptors (Lipinski definition) is 2. The van der Waals surface area contributed by atoms with Crippen LogP contribution in [0.2, 0.25) is 0 Å². The summed E-state index contributed by atoms with van der Waals surface area (Å²) >= 11 is 0. The van der Waals surface area contributed by atoms with Crippen LogP contribution in [0.4, 0.5) is 0 Å². The lowest BCUT2D eigenvalue weighted by atomic mass is 9.97. The summed E-state index contributed by atoms with van der Waals surface area (Å²) in [6.45, 7) is 0.325. The quantitative estimate of drug-likeness (QED) is 0.846. The maximum Gasteiger partial charge on any atom is 0.335 e. The number of benzene rings is 2. The number of carboxylic acid groups (broad SMARTS) is 1. The smallest absolute Gasteiger partial charge is 0.335 e. The third-order valence-corrected chi connectivity index (χ3v) is 2.66. The van der Waals surface area contributed by atoms with Crippen molar-refractivity contribution >= 4 is 5.97 Å². The Morgan fingerprint density at radius 3 is 2.41 bits per heavy atom. The van der Waals surface area contributed by atoms with E-state index in [1.165, 1.54) is 0 Å². The molecule has 0 aliphatic heterocycles. The standard InChI is InChI=1S/C14H13NO2/c15-9-12-8-11(14(16)17)6-7-13(12)10-4-2-1-3-5-10/h1-8H,9,15H2,(H,16,17). The summed E-state index contributed by atoms with van der Waals surface area (Å²) in [4.78, 5) is 10.9. The Morgan fingerprint density at radius 2 is 1.82 bits per heavy atom. The van der Waals surface area contributed by atoms with Gasteiger partial charge in [-0.1, -0.05) is 36.4 Å². The van der Waals surface area contributed by atoms with Gasteiger partial charge in [0.2, 0.25) is 0 Å². The molecule has 0 amide bonds. The van der Waals surface area contributed by atoms with Gasteiger partial charge in [-0.3, -0.25) is 0 Å². The van der Waals surface area contributed by atoms with E-state index in [2.05, 4.69) is 0 Å². The summed E-state index contributed by atoms with van der Waals surface area (Å²) in [5, 5.41) is 8.93. The van der Waals surface area contributed by atoms with E-state index in [0.717, 1.165) is 16.7 Å². The molecule has 3 heteroatoms. The van der Waals surface area contributed by atoms with Crippen molar-refractivity contribution in [2.45, 2.75) is 6.54 Å². The summed E-state index contributed by atoms with van der Waals surface area (Å²) in [5.41, 5.74) is 8.81. The van der Waals surface area contributed by atoms with Crippen LogP contribution in [-0.2, 0) is 6.54 Å². The van der Waals surface area contributed by atoms with Crippen LogP contribution in [0.1, 0.15) is 15.9 Å². The third-order valence-electron chi connectivity index (χ3n) is 2.66. The Balaban J connectivity index is 2.52. The Kier molecular flexibility index (Phi) is 3.21. The highest BCUT2D eigenvalue weighted by atomic mass is 16.4. The van der Waals surface area contributed by atoms with Crippen LogP contribution in [0.15, 0.2) is 48.5 Å². The van der Waals surface area contributed by atoms with Crippen LogP contribution < -0.4 is 5.73 Å². The summed E-state index contributed by atoms with van der Waals surface area (Å²) in [7, 11) is 0. The van der Waals surface area contributed by atoms with Crippen molar-refractivity contribution in [1.82, 2.24) is 0 Å². The molecule has 0 spiro atoms. The van der Waals surface area contributed by atoms with Crippen LogP contribution in [-0.4, -0.2) is 11.1 Å². The first-order valence-electron chi connectivity index (χ1n) is 5.34. The molecule has 0 heterocycles. The molecule has 0 atom stereocenters. The molecule has 0 saturated carbocycles. The van der Waals surface area contributed by atoms with Gasteiger partial charge >= 0.3 is 5.97 Å². The highest BCUT2D eigenvalue weighted by molar-refractivity contribution is 5.89. The molecule has 17 heavy (non-hydrogen) atoms. The van der Waals surface area contributed by atoms with Gasteiger partial charge in [0.15, 0.2) is 0 Å². The molecule has 0 unspecified atom stereocenters. The Labute approximate surface area is 99.5 Å². The summed E-state index contributed by atoms with van der Waals surface area (Å²) < 4.78 is 0. The Bertz CT molecular complexity index is 535. The molecule has 86 valence electrons. The third kappa shape index (κ3) is 2.34. The highest BCUT2D eigenvalue weighted by Gasteiger charge is 2.08. The highest BCUT2D eigenvalue weighted by Crippen LogP contribution is 2.24. The van der Waals surface area contributed by atoms with Gasteiger partial charge in [0.25, 0.3) is 0 Å². The predicted octanol–water partition coefficient (Wildman–Crippen LogP) is 2.51. The zero-order valence-electron chi connectivity index (χ0n) is 9.26. The maximum absolute atomic E-state index is 10.9. The summed E-state index contributed by atoms with van der Waals surface area (Å²) in [5.74, 6) is -0.931. The fraction of sp³-hybridized carbons (Fsp3) is 0.0714. The normalized spacial score (nSPS) is 10.2. The molecule has 0 aliphatic rings. The molecule has 2 aromatic rings. The first-order valence-corrected chi connectivity index (χ1v) is 5.34. The van der Waals surface area contributed by atoms with E-state index in [4.69, 9.17) is 10.8 Å². The molecule has 0 radical (unpaired) electrons. The van der Waals surface area contributed by atoms with Crippen LogP contribution >= 0.6 is 0 Å². The van der Waals surface area contributed by atoms with Gasteiger partial charge in [0, 0.05) is 6.54 Å². The van der Waals surface area contributed by atoms with Crippen molar-refractivity contribution in [2.75, 3.05) is 0 Å². The minimum absolute atomic E-state index is 0.269. The average Bonchev–Trinajstić information content (AvgIpc) is 2.39. The van der Waals surface area contributed by atoms with E-state index in [1.54, 1.807) is 18.2 Å². The van der Waals surface area contributed by atoms with E-state index in [0.29, 0.717) is 6.54 Å². The lowest BCUT2D eigenvalue weighted by molar-refractivity contribution is 0.0697. The van der Waals surface area contributed by atoms with Crippen LogP contribution in [0.5, 0.6) is 0 Å². The molecule has 0 aliphatic carbocycles. The lowest BCUT2D eigenvalue weighted by Crippen LogP contribution is -2.03. The molecule has 3 nitrogen and oxygen atoms in total. The van der Waals surface area contributed by atoms with Crippen LogP contribution in [0.3, 0.4) is 0 Å². The zero-order chi connectivity index (χ0) is 12.3. The Morgan fingerprint density at radius 1 is 1.12 bits per heavy atom. The molecular formula is C14H13NO2. The second kappa shape index (κ2) is 4.80. The van der Waals surface area contributed by atoms with Crippen molar-refractivity contribution in [3.8, 4) is 11.1 Å². The van der Waals surface area contributed by atoms with Gasteiger partial charge in [0.1, 0.15) is 0 Å². The van der Waals surface area contributed by atoms with Gasteiger partial charge in [-0.05, 0) is 28.8 Å². The fourth-order valence-electron chi connectivity index (χ4n) is 1.79. The minimum Gasteiger partial charge on any atom is -0.478 e. The zero-order valence-corrected chi connectivity index (χ0v) is 9.26. The van der Waals surface area contributed by atoms with E-state index in [-0.39, 0.29) is 5.56 Å². The average molecular weight is 227 g/mol. The molecular weight excluding hydrogens is 214 g/mol. The number of aromatic carboxylic acids is 1. The molecule has 0 fully saturated rings. The van der Waals surface area contributed by atoms with E-state index in [9.17, 15) is 4.79 Å². The topological polar surface area (TPSA) is 63.3 Å². The Hall–Kier alpha value is -2.13. The monoisotopic (exact) mass is 227 g/mol. The van der Waals surface area contributed by atoms with E-state index < -0.39 is 5.97 Å². The number of carboxylic acids is 1. The van der Waals surface area contributed by atoms with E-state index in [1.807, 2.05) is 30.3 Å². The fourth-order valence-corrected chi connectivity index (χ4v) is 1.79. The molecule has 2 rings (SSSR count). The first kappa shape index (κ1) is 11.4. The summed E-state index contributed by atoms with van der Waals surface area (Å²) in [6.07, 6.45) is 0. The number of nitrogens with two attached hydrogens (primary N) is 1. The second-order valence-corrected chi connectivity index (χ2v) is 3.75. The van der Waals surface area contributed by atoms with Gasteiger partial charge in [-0.25, -0.2) is 4.79 Å². The van der Waals surface area contributed by atoms with Crippen LogP contribution in [0.25, 0.3) is 11.1 Å². The predicted molar refractivity (Wildman–Crippen MR) is 66.7 cm³/mol. The maximum atomic E-state index is 10.9. The van der Waals surface area contributed by atoms with Gasteiger partial charge in [-0.2, -0.15) is 0 Å². The number of carbonyl (C=O) groups is 1. The van der Waals surface area contributed by atoms with Gasteiger partial charge in [0.05, 0.1) is 5.56 Å². The molecule has 2 aromatic carbocycles. The second-order valence-electron chi connectivity index (χ2n) is 3.75. The van der Waals surface area contributed by atoms with Crippen molar-refractivity contribution < 1.29 is 9.90 Å². The summed E-state index contributed by atoms with van der Waals surface area (Å²) in [6, 6.07) is 14.8. The minimum atomic E-state index is -0.931. The molecule has 3 N–H and O–H groups in total. The first-order chi connectivity index (χ1) is 8.22. The SMILES string of the molecule is NCc1cc(C(=O)O)ccc1-c1ccccc1. The molecule has 0 aromatic heterocycles. The molecule has 0 saturated heterocycles. The molecule has 0 bridgehead atoms. The van der Waals surface area contributed by atoms with Crippen LogP contribution in [0, 0.1) is 0 Å². The van der Waals surface area contributed by atoms with Crippen molar-refractivity contribution in [2.24, 2.45) is 5.73 Å². The van der Waals surface area contributed by atoms with Crippen molar-refractivity contribution in [1.29, 1.82) is 0 Å². The van der Waals surface area contributed by atoms with E-state index >= 15 is 0 Å².